The Morgan fingerprint density at radius 2 is 1.92 bits per heavy atom. The quantitative estimate of drug-likeness (QED) is 0.590. The summed E-state index contributed by atoms with van der Waals surface area (Å²) in [7, 11) is 2.27. The molecule has 2 aliphatic rings. The predicted octanol–water partition coefficient (Wildman–Crippen LogP) is 2.62. The van der Waals surface area contributed by atoms with E-state index in [1.165, 1.54) is 56.7 Å². The van der Waals surface area contributed by atoms with Gasteiger partial charge in [-0.15, -0.1) is 0 Å². The fraction of sp³-hybridized carbons (Fsp3) is 1.00. The van der Waals surface area contributed by atoms with Crippen LogP contribution in [-0.4, -0.2) is 36.5 Å². The third-order valence-corrected chi connectivity index (χ3v) is 5.07. The Balaban J connectivity index is 1.95. The van der Waals surface area contributed by atoms with Crippen molar-refractivity contribution in [2.24, 2.45) is 5.41 Å². The van der Waals surface area contributed by atoms with E-state index < -0.39 is 0 Å². The predicted molar refractivity (Wildman–Crippen MR) is 60.3 cm³/mol. The van der Waals surface area contributed by atoms with Gasteiger partial charge in [-0.2, -0.15) is 11.8 Å². The Labute approximate surface area is 86.3 Å². The summed E-state index contributed by atoms with van der Waals surface area (Å²) in [6.45, 7) is 2.66. The Kier molecular flexibility index (Phi) is 3.20. The van der Waals surface area contributed by atoms with Crippen molar-refractivity contribution in [1.82, 2.24) is 4.90 Å². The van der Waals surface area contributed by atoms with Crippen LogP contribution in [0.3, 0.4) is 0 Å². The van der Waals surface area contributed by atoms with Crippen molar-refractivity contribution in [2.45, 2.75) is 32.1 Å². The van der Waals surface area contributed by atoms with Gasteiger partial charge in [0, 0.05) is 0 Å². The molecule has 0 radical (unpaired) electrons. The molecule has 1 atom stereocenters. The van der Waals surface area contributed by atoms with E-state index >= 15 is 0 Å². The summed E-state index contributed by atoms with van der Waals surface area (Å²) in [5.41, 5.74) is 0.744. The second kappa shape index (κ2) is 4.22. The molecule has 1 nitrogen and oxygen atoms in total. The number of thioether (sulfide) groups is 1. The van der Waals surface area contributed by atoms with Crippen LogP contribution in [0.25, 0.3) is 0 Å². The molecular formula is C11H21NS. The van der Waals surface area contributed by atoms with Gasteiger partial charge in [0.2, 0.25) is 0 Å². The first kappa shape index (κ1) is 9.85. The van der Waals surface area contributed by atoms with Crippen LogP contribution in [0.1, 0.15) is 32.1 Å². The lowest BCUT2D eigenvalue weighted by Crippen LogP contribution is -2.29. The lowest BCUT2D eigenvalue weighted by molar-refractivity contribution is 0.248. The van der Waals surface area contributed by atoms with Gasteiger partial charge < -0.3 is 4.90 Å². The molecule has 0 aliphatic carbocycles. The van der Waals surface area contributed by atoms with E-state index in [0.717, 1.165) is 5.41 Å². The van der Waals surface area contributed by atoms with Crippen LogP contribution in [0.15, 0.2) is 0 Å². The number of hydrogen-bond acceptors (Lipinski definition) is 2. The molecule has 0 aromatic carbocycles. The minimum absolute atomic E-state index is 0.744. The monoisotopic (exact) mass is 199 g/mol. The van der Waals surface area contributed by atoms with Gasteiger partial charge in [0.1, 0.15) is 0 Å². The van der Waals surface area contributed by atoms with E-state index in [-0.39, 0.29) is 0 Å². The first-order valence-corrected chi connectivity index (χ1v) is 6.73. The van der Waals surface area contributed by atoms with E-state index in [2.05, 4.69) is 23.7 Å². The van der Waals surface area contributed by atoms with Crippen molar-refractivity contribution in [3.05, 3.63) is 0 Å². The Morgan fingerprint density at radius 3 is 2.69 bits per heavy atom. The highest BCUT2D eigenvalue weighted by Gasteiger charge is 2.33. The van der Waals surface area contributed by atoms with Crippen LogP contribution in [0.4, 0.5) is 0 Å². The highest BCUT2D eigenvalue weighted by atomic mass is 32.2. The van der Waals surface area contributed by atoms with Gasteiger partial charge in [0.05, 0.1) is 0 Å². The van der Waals surface area contributed by atoms with Gasteiger partial charge in [0.15, 0.2) is 0 Å². The van der Waals surface area contributed by atoms with Crippen LogP contribution in [0.2, 0.25) is 0 Å². The second-order valence-electron chi connectivity index (χ2n) is 4.81. The summed E-state index contributed by atoms with van der Waals surface area (Å²) in [5.74, 6) is 2.86. The van der Waals surface area contributed by atoms with Gasteiger partial charge in [-0.1, -0.05) is 0 Å². The molecule has 2 fully saturated rings. The Hall–Kier alpha value is 0.310. The summed E-state index contributed by atoms with van der Waals surface area (Å²) < 4.78 is 0. The average Bonchev–Trinajstić information content (AvgIpc) is 2.32. The van der Waals surface area contributed by atoms with Gasteiger partial charge >= 0.3 is 0 Å². The van der Waals surface area contributed by atoms with Crippen molar-refractivity contribution in [3.63, 3.8) is 0 Å². The van der Waals surface area contributed by atoms with Gasteiger partial charge in [-0.05, 0) is 69.2 Å². The molecule has 2 heteroatoms. The number of nitrogens with zero attached hydrogens (tertiary/aromatic N) is 1. The molecule has 2 saturated heterocycles. The van der Waals surface area contributed by atoms with Crippen molar-refractivity contribution in [2.75, 3.05) is 31.6 Å². The number of rotatable bonds is 0. The van der Waals surface area contributed by atoms with Crippen LogP contribution >= 0.6 is 11.8 Å². The minimum Gasteiger partial charge on any atom is -0.306 e. The molecule has 0 aromatic heterocycles. The SMILES string of the molecule is CN1CCCC2(CCCSC2)CC1. The maximum Gasteiger partial charge on any atom is -0.00103 e. The third kappa shape index (κ3) is 2.41. The standard InChI is InChI=1S/C11H21NS/c1-12-7-2-4-11(6-8-12)5-3-9-13-10-11/h2-10H2,1H3. The molecule has 13 heavy (non-hydrogen) atoms. The van der Waals surface area contributed by atoms with E-state index in [4.69, 9.17) is 0 Å². The van der Waals surface area contributed by atoms with Crippen LogP contribution in [0.5, 0.6) is 0 Å². The summed E-state index contributed by atoms with van der Waals surface area (Å²) in [5, 5.41) is 0. The second-order valence-corrected chi connectivity index (χ2v) is 5.92. The lowest BCUT2D eigenvalue weighted by Gasteiger charge is -2.36. The van der Waals surface area contributed by atoms with Gasteiger partial charge in [0.25, 0.3) is 0 Å². The zero-order chi connectivity index (χ0) is 9.15. The molecule has 0 aromatic rings. The normalized spacial score (nSPS) is 37.6. The largest absolute Gasteiger partial charge is 0.306 e. The zero-order valence-corrected chi connectivity index (χ0v) is 9.54. The zero-order valence-electron chi connectivity index (χ0n) is 8.72. The smallest absolute Gasteiger partial charge is 0.00103 e. The topological polar surface area (TPSA) is 3.24 Å². The lowest BCUT2D eigenvalue weighted by atomic mass is 9.78. The molecule has 2 rings (SSSR count). The molecule has 0 bridgehead atoms. The first-order valence-electron chi connectivity index (χ1n) is 5.57. The molecule has 1 unspecified atom stereocenters. The molecule has 76 valence electrons. The molecule has 2 aliphatic heterocycles. The van der Waals surface area contributed by atoms with E-state index in [1.807, 2.05) is 0 Å². The maximum absolute atomic E-state index is 2.51. The van der Waals surface area contributed by atoms with Crippen molar-refractivity contribution >= 4 is 11.8 Å². The van der Waals surface area contributed by atoms with Crippen LogP contribution in [0, 0.1) is 5.41 Å². The Bertz CT molecular complexity index is 163. The van der Waals surface area contributed by atoms with Gasteiger partial charge in [-0.25, -0.2) is 0 Å². The highest BCUT2D eigenvalue weighted by molar-refractivity contribution is 7.99. The van der Waals surface area contributed by atoms with E-state index in [1.54, 1.807) is 0 Å². The maximum atomic E-state index is 2.51. The molecule has 0 saturated carbocycles. The number of hydrogen-bond donors (Lipinski definition) is 0. The van der Waals surface area contributed by atoms with E-state index in [9.17, 15) is 0 Å². The summed E-state index contributed by atoms with van der Waals surface area (Å²) in [6.07, 6.45) is 7.35. The molecule has 2 heterocycles. The first-order chi connectivity index (χ1) is 6.31. The Morgan fingerprint density at radius 1 is 1.08 bits per heavy atom. The average molecular weight is 199 g/mol. The van der Waals surface area contributed by atoms with Crippen molar-refractivity contribution in [3.8, 4) is 0 Å². The fourth-order valence-electron chi connectivity index (χ4n) is 2.69. The van der Waals surface area contributed by atoms with E-state index in [0.29, 0.717) is 0 Å². The number of likely N-dealkylation sites (tertiary alicyclic amines) is 1. The third-order valence-electron chi connectivity index (χ3n) is 3.67. The minimum atomic E-state index is 0.744. The highest BCUT2D eigenvalue weighted by Crippen LogP contribution is 2.42. The van der Waals surface area contributed by atoms with Crippen LogP contribution in [-0.2, 0) is 0 Å². The summed E-state index contributed by atoms with van der Waals surface area (Å²) in [4.78, 5) is 2.51. The van der Waals surface area contributed by atoms with Crippen molar-refractivity contribution < 1.29 is 0 Å². The molecular weight excluding hydrogens is 178 g/mol. The molecule has 1 spiro atoms. The van der Waals surface area contributed by atoms with Crippen LogP contribution < -0.4 is 0 Å². The summed E-state index contributed by atoms with van der Waals surface area (Å²) in [6, 6.07) is 0. The fourth-order valence-corrected chi connectivity index (χ4v) is 4.05. The van der Waals surface area contributed by atoms with Gasteiger partial charge in [-0.3, -0.25) is 0 Å². The molecule has 0 N–H and O–H groups in total. The van der Waals surface area contributed by atoms with Crippen molar-refractivity contribution in [1.29, 1.82) is 0 Å². The summed E-state index contributed by atoms with van der Waals surface area (Å²) >= 11 is 2.19. The molecule has 0 amide bonds.